The number of aromatic nitrogens is 2. The third-order valence-corrected chi connectivity index (χ3v) is 4.80. The van der Waals surface area contributed by atoms with Gasteiger partial charge in [0.15, 0.2) is 5.75 Å². The molecule has 150 valence electrons. The van der Waals surface area contributed by atoms with E-state index in [1.54, 1.807) is 6.07 Å². The molecule has 2 N–H and O–H groups in total. The van der Waals surface area contributed by atoms with Crippen LogP contribution in [0.2, 0.25) is 0 Å². The van der Waals surface area contributed by atoms with Gasteiger partial charge in [-0.15, -0.1) is 0 Å². The number of nitrogens with zero attached hydrogens (tertiary/aromatic N) is 3. The lowest BCUT2D eigenvalue weighted by molar-refractivity contribution is -0.138. The predicted octanol–water partition coefficient (Wildman–Crippen LogP) is 3.39. The molecule has 2 aliphatic heterocycles. The molecule has 2 atom stereocenters. The Balaban J connectivity index is 1.57. The van der Waals surface area contributed by atoms with E-state index in [0.29, 0.717) is 24.5 Å². The largest absolute Gasteiger partial charge is 0.433 e. The van der Waals surface area contributed by atoms with E-state index >= 15 is 0 Å². The normalized spacial score (nSPS) is 21.4. The Bertz CT molecular complexity index is 845. The number of fused-ring (bicyclic) bond motifs is 2. The van der Waals surface area contributed by atoms with E-state index in [9.17, 15) is 22.0 Å². The van der Waals surface area contributed by atoms with E-state index in [1.807, 2.05) is 0 Å². The lowest BCUT2D eigenvalue weighted by Crippen LogP contribution is -2.43. The Morgan fingerprint density at radius 1 is 1.21 bits per heavy atom. The van der Waals surface area contributed by atoms with Crippen molar-refractivity contribution >= 4 is 17.3 Å². The maximum Gasteiger partial charge on any atom is 0.419 e. The number of alkyl halides is 5. The molecule has 6 nitrogen and oxygen atoms in total. The molecule has 1 aromatic carbocycles. The van der Waals surface area contributed by atoms with E-state index in [2.05, 4.69) is 30.2 Å². The van der Waals surface area contributed by atoms with Crippen molar-refractivity contribution in [1.29, 1.82) is 0 Å². The van der Waals surface area contributed by atoms with Gasteiger partial charge in [0.05, 0.1) is 11.3 Å². The fourth-order valence-corrected chi connectivity index (χ4v) is 3.52. The predicted molar refractivity (Wildman–Crippen MR) is 90.9 cm³/mol. The second kappa shape index (κ2) is 7.04. The summed E-state index contributed by atoms with van der Waals surface area (Å²) < 4.78 is 68.1. The van der Waals surface area contributed by atoms with Gasteiger partial charge in [0.1, 0.15) is 0 Å². The standard InChI is InChI=1S/C17H16F5N5O/c18-15(19)28-14-4-11(27-8-10-3-12(27)7-23-10)1-2-13(14)26-16-24-5-9(6-25-16)17(20,21)22/h1-2,4-6,10,12,15,23H,3,7-8H2,(H,24,25,26)/t10-,12-/m0/s1. The topological polar surface area (TPSA) is 62.3 Å². The first-order valence-corrected chi connectivity index (χ1v) is 8.55. The molecule has 1 aromatic heterocycles. The fourth-order valence-electron chi connectivity index (χ4n) is 3.52. The van der Waals surface area contributed by atoms with Crippen LogP contribution >= 0.6 is 0 Å². The van der Waals surface area contributed by atoms with Crippen LogP contribution in [0.3, 0.4) is 0 Å². The summed E-state index contributed by atoms with van der Waals surface area (Å²) in [6, 6.07) is 5.42. The van der Waals surface area contributed by atoms with Gasteiger partial charge >= 0.3 is 12.8 Å². The molecule has 4 rings (SSSR count). The van der Waals surface area contributed by atoms with Crippen LogP contribution in [0.5, 0.6) is 5.75 Å². The highest BCUT2D eigenvalue weighted by atomic mass is 19.4. The van der Waals surface area contributed by atoms with Crippen molar-refractivity contribution in [3.63, 3.8) is 0 Å². The van der Waals surface area contributed by atoms with Crippen molar-refractivity contribution in [2.75, 3.05) is 23.3 Å². The van der Waals surface area contributed by atoms with Crippen molar-refractivity contribution in [1.82, 2.24) is 15.3 Å². The smallest absolute Gasteiger partial charge is 0.419 e. The van der Waals surface area contributed by atoms with Crippen LogP contribution in [-0.2, 0) is 6.18 Å². The van der Waals surface area contributed by atoms with Gasteiger partial charge in [-0.05, 0) is 18.6 Å². The van der Waals surface area contributed by atoms with E-state index in [-0.39, 0.29) is 17.4 Å². The zero-order chi connectivity index (χ0) is 19.9. The third kappa shape index (κ3) is 3.79. The van der Waals surface area contributed by atoms with Crippen molar-refractivity contribution in [3.05, 3.63) is 36.2 Å². The number of rotatable bonds is 5. The first-order valence-electron chi connectivity index (χ1n) is 8.55. The van der Waals surface area contributed by atoms with Crippen LogP contribution in [0.4, 0.5) is 39.3 Å². The number of benzene rings is 1. The quantitative estimate of drug-likeness (QED) is 0.749. The molecule has 0 saturated carbocycles. The van der Waals surface area contributed by atoms with Crippen molar-refractivity contribution in [2.45, 2.75) is 31.3 Å². The second-order valence-electron chi connectivity index (χ2n) is 6.62. The monoisotopic (exact) mass is 401 g/mol. The molecule has 2 aromatic rings. The summed E-state index contributed by atoms with van der Waals surface area (Å²) >= 11 is 0. The zero-order valence-electron chi connectivity index (χ0n) is 14.4. The summed E-state index contributed by atoms with van der Waals surface area (Å²) in [5, 5.41) is 5.99. The average Bonchev–Trinajstić information content (AvgIpc) is 3.26. The first kappa shape index (κ1) is 18.7. The first-order chi connectivity index (χ1) is 13.3. The average molecular weight is 401 g/mol. The van der Waals surface area contributed by atoms with Crippen LogP contribution < -0.4 is 20.3 Å². The highest BCUT2D eigenvalue weighted by molar-refractivity contribution is 5.68. The van der Waals surface area contributed by atoms with Gasteiger partial charge in [0.2, 0.25) is 5.95 Å². The van der Waals surface area contributed by atoms with Crippen molar-refractivity contribution < 1.29 is 26.7 Å². The summed E-state index contributed by atoms with van der Waals surface area (Å²) in [6.45, 7) is -1.45. The summed E-state index contributed by atoms with van der Waals surface area (Å²) in [7, 11) is 0. The molecule has 0 spiro atoms. The molecule has 0 amide bonds. The highest BCUT2D eigenvalue weighted by Crippen LogP contribution is 2.36. The van der Waals surface area contributed by atoms with E-state index in [0.717, 1.165) is 25.2 Å². The molecule has 3 heterocycles. The molecule has 2 saturated heterocycles. The minimum absolute atomic E-state index is 0.131. The summed E-state index contributed by atoms with van der Waals surface area (Å²) in [5.41, 5.74) is -0.134. The van der Waals surface area contributed by atoms with Gasteiger partial charge in [-0.2, -0.15) is 22.0 Å². The molecule has 2 fully saturated rings. The van der Waals surface area contributed by atoms with E-state index < -0.39 is 18.4 Å². The molecular weight excluding hydrogens is 385 g/mol. The Labute approximate surface area is 156 Å². The van der Waals surface area contributed by atoms with Crippen LogP contribution in [0.25, 0.3) is 0 Å². The molecule has 2 aliphatic rings. The molecule has 0 aliphatic carbocycles. The third-order valence-electron chi connectivity index (χ3n) is 4.80. The summed E-state index contributed by atoms with van der Waals surface area (Å²) in [5.74, 6) is -0.295. The molecule has 0 unspecified atom stereocenters. The number of ether oxygens (including phenoxy) is 1. The molecule has 28 heavy (non-hydrogen) atoms. The van der Waals surface area contributed by atoms with Crippen molar-refractivity contribution in [3.8, 4) is 5.75 Å². The maximum absolute atomic E-state index is 12.9. The number of piperazine rings is 1. The minimum atomic E-state index is -4.56. The van der Waals surface area contributed by atoms with Gasteiger partial charge < -0.3 is 20.3 Å². The highest BCUT2D eigenvalue weighted by Gasteiger charge is 2.37. The van der Waals surface area contributed by atoms with Gasteiger partial charge in [-0.3, -0.25) is 0 Å². The molecular formula is C17H16F5N5O. The fraction of sp³-hybridized carbons (Fsp3) is 0.412. The number of nitrogens with one attached hydrogen (secondary N) is 2. The Morgan fingerprint density at radius 2 is 1.96 bits per heavy atom. The van der Waals surface area contributed by atoms with Crippen LogP contribution in [-0.4, -0.2) is 41.8 Å². The molecule has 11 heteroatoms. The zero-order valence-corrected chi connectivity index (χ0v) is 14.4. The van der Waals surface area contributed by atoms with Gasteiger partial charge in [0.25, 0.3) is 0 Å². The van der Waals surface area contributed by atoms with Crippen LogP contribution in [0, 0.1) is 0 Å². The van der Waals surface area contributed by atoms with Gasteiger partial charge in [0, 0.05) is 49.3 Å². The van der Waals surface area contributed by atoms with Gasteiger partial charge in [-0.1, -0.05) is 0 Å². The lowest BCUT2D eigenvalue weighted by Gasteiger charge is -2.30. The SMILES string of the molecule is FC(F)Oc1cc(N2C[C@@H]3C[C@H]2CN3)ccc1Nc1ncc(C(F)(F)F)cn1. The Morgan fingerprint density at radius 3 is 2.54 bits per heavy atom. The second-order valence-corrected chi connectivity index (χ2v) is 6.62. The lowest BCUT2D eigenvalue weighted by atomic mass is 10.2. The van der Waals surface area contributed by atoms with Crippen molar-refractivity contribution in [2.24, 2.45) is 0 Å². The Hall–Kier alpha value is -2.69. The summed E-state index contributed by atoms with van der Waals surface area (Å²) in [4.78, 5) is 9.30. The number of hydrogen-bond donors (Lipinski definition) is 2. The summed E-state index contributed by atoms with van der Waals surface area (Å²) in [6.07, 6.45) is -2.34. The van der Waals surface area contributed by atoms with E-state index in [4.69, 9.17) is 0 Å². The number of halogens is 5. The molecule has 2 bridgehead atoms. The van der Waals surface area contributed by atoms with Gasteiger partial charge in [-0.25, -0.2) is 9.97 Å². The van der Waals surface area contributed by atoms with Crippen LogP contribution in [0.1, 0.15) is 12.0 Å². The molecule has 0 radical (unpaired) electrons. The number of anilines is 3. The minimum Gasteiger partial charge on any atom is -0.433 e. The number of hydrogen-bond acceptors (Lipinski definition) is 6. The Kier molecular flexibility index (Phi) is 4.69. The van der Waals surface area contributed by atoms with E-state index in [1.165, 1.54) is 12.1 Å². The van der Waals surface area contributed by atoms with Crippen LogP contribution in [0.15, 0.2) is 30.6 Å². The maximum atomic E-state index is 12.9.